The number of hydrogen-bond acceptors (Lipinski definition) is 3. The third kappa shape index (κ3) is 2.45. The van der Waals surface area contributed by atoms with Crippen molar-refractivity contribution in [3.63, 3.8) is 0 Å². The first-order chi connectivity index (χ1) is 6.88. The summed E-state index contributed by atoms with van der Waals surface area (Å²) in [6.45, 7) is 8.56. The highest BCUT2D eigenvalue weighted by atomic mass is 32.2. The molecule has 2 N–H and O–H groups in total. The predicted octanol–water partition coefficient (Wildman–Crippen LogP) is 0.879. The van der Waals surface area contributed by atoms with Crippen molar-refractivity contribution in [3.8, 4) is 0 Å². The monoisotopic (exact) mass is 229 g/mol. The third-order valence-corrected chi connectivity index (χ3v) is 3.84. The zero-order valence-electron chi connectivity index (χ0n) is 9.03. The van der Waals surface area contributed by atoms with E-state index in [9.17, 15) is 8.42 Å². The summed E-state index contributed by atoms with van der Waals surface area (Å²) in [7, 11) is -3.50. The maximum absolute atomic E-state index is 11.9. The van der Waals surface area contributed by atoms with Gasteiger partial charge in [0.1, 0.15) is 4.90 Å². The van der Waals surface area contributed by atoms with E-state index in [1.165, 1.54) is 6.08 Å². The molecule has 0 amide bonds. The second-order valence-corrected chi connectivity index (χ2v) is 5.06. The minimum Gasteiger partial charge on any atom is -0.281 e. The zero-order chi connectivity index (χ0) is 11.6. The molecular weight excluding hydrogens is 214 g/mol. The molecule has 5 nitrogen and oxygen atoms in total. The van der Waals surface area contributed by atoms with Crippen LogP contribution < -0.4 is 4.72 Å². The SMILES string of the molecule is C=CC(C)NS(=O)(=O)c1c(C)n[nH]c1C. The van der Waals surface area contributed by atoms with E-state index in [1.54, 1.807) is 20.8 Å². The number of nitrogens with zero attached hydrogens (tertiary/aromatic N) is 1. The summed E-state index contributed by atoms with van der Waals surface area (Å²) in [6, 6.07) is -0.302. The van der Waals surface area contributed by atoms with E-state index >= 15 is 0 Å². The van der Waals surface area contributed by atoms with Crippen LogP contribution in [0.15, 0.2) is 17.6 Å². The molecule has 84 valence electrons. The first-order valence-electron chi connectivity index (χ1n) is 4.55. The molecule has 0 saturated heterocycles. The van der Waals surface area contributed by atoms with Crippen LogP contribution in [0.4, 0.5) is 0 Å². The second kappa shape index (κ2) is 4.16. The summed E-state index contributed by atoms with van der Waals surface area (Å²) in [6.07, 6.45) is 1.53. The summed E-state index contributed by atoms with van der Waals surface area (Å²) in [5.74, 6) is 0. The smallest absolute Gasteiger partial charge is 0.244 e. The Morgan fingerprint density at radius 2 is 2.13 bits per heavy atom. The molecular formula is C9H15N3O2S. The van der Waals surface area contributed by atoms with Gasteiger partial charge in [0.2, 0.25) is 10.0 Å². The highest BCUT2D eigenvalue weighted by Crippen LogP contribution is 2.16. The average molecular weight is 229 g/mol. The Hall–Kier alpha value is -1.14. The Morgan fingerprint density at radius 1 is 1.53 bits per heavy atom. The van der Waals surface area contributed by atoms with Gasteiger partial charge >= 0.3 is 0 Å². The van der Waals surface area contributed by atoms with Crippen LogP contribution in [0, 0.1) is 13.8 Å². The molecule has 0 aliphatic carbocycles. The Bertz CT molecular complexity index is 442. The van der Waals surface area contributed by atoms with Crippen molar-refractivity contribution in [2.75, 3.05) is 0 Å². The minimum absolute atomic E-state index is 0.219. The lowest BCUT2D eigenvalue weighted by molar-refractivity contribution is 0.575. The first-order valence-corrected chi connectivity index (χ1v) is 6.03. The zero-order valence-corrected chi connectivity index (χ0v) is 9.85. The summed E-state index contributed by atoms with van der Waals surface area (Å²) in [4.78, 5) is 0.219. The molecule has 15 heavy (non-hydrogen) atoms. The Labute approximate surface area is 89.6 Å². The molecule has 1 rings (SSSR count). The van der Waals surface area contributed by atoms with E-state index in [4.69, 9.17) is 0 Å². The van der Waals surface area contributed by atoms with Gasteiger partial charge in [-0.05, 0) is 20.8 Å². The van der Waals surface area contributed by atoms with Crippen molar-refractivity contribution in [2.24, 2.45) is 0 Å². The maximum Gasteiger partial charge on any atom is 0.244 e. The highest BCUT2D eigenvalue weighted by Gasteiger charge is 2.22. The van der Waals surface area contributed by atoms with Crippen LogP contribution >= 0.6 is 0 Å². The number of nitrogens with one attached hydrogen (secondary N) is 2. The largest absolute Gasteiger partial charge is 0.281 e. The van der Waals surface area contributed by atoms with Crippen LogP contribution in [0.3, 0.4) is 0 Å². The van der Waals surface area contributed by atoms with Crippen LogP contribution in [0.2, 0.25) is 0 Å². The van der Waals surface area contributed by atoms with E-state index in [1.807, 2.05) is 0 Å². The standard InChI is InChI=1S/C9H15N3O2S/c1-5-6(2)12-15(13,14)9-7(3)10-11-8(9)4/h5-6,12H,1H2,2-4H3,(H,10,11). The lowest BCUT2D eigenvalue weighted by Crippen LogP contribution is -2.31. The number of aromatic nitrogens is 2. The number of rotatable bonds is 4. The molecule has 1 heterocycles. The Kier molecular flexibility index (Phi) is 3.31. The van der Waals surface area contributed by atoms with Crippen molar-refractivity contribution in [1.82, 2.24) is 14.9 Å². The normalized spacial score (nSPS) is 13.8. The molecule has 0 saturated carbocycles. The van der Waals surface area contributed by atoms with E-state index in [0.717, 1.165) is 0 Å². The lowest BCUT2D eigenvalue weighted by Gasteiger charge is -2.09. The molecule has 1 aromatic rings. The number of aryl methyl sites for hydroxylation is 2. The second-order valence-electron chi connectivity index (χ2n) is 3.41. The number of aromatic amines is 1. The molecule has 0 bridgehead atoms. The van der Waals surface area contributed by atoms with Crippen molar-refractivity contribution < 1.29 is 8.42 Å². The van der Waals surface area contributed by atoms with Crippen molar-refractivity contribution in [2.45, 2.75) is 31.7 Å². The molecule has 6 heteroatoms. The van der Waals surface area contributed by atoms with Crippen LogP contribution in [0.1, 0.15) is 18.3 Å². The fourth-order valence-electron chi connectivity index (χ4n) is 1.29. The summed E-state index contributed by atoms with van der Waals surface area (Å²) in [5.41, 5.74) is 1.01. The summed E-state index contributed by atoms with van der Waals surface area (Å²) < 4.78 is 26.3. The van der Waals surface area contributed by atoms with Gasteiger partial charge in [0.05, 0.1) is 11.4 Å². The van der Waals surface area contributed by atoms with Gasteiger partial charge in [-0.3, -0.25) is 5.10 Å². The fraction of sp³-hybridized carbons (Fsp3) is 0.444. The van der Waals surface area contributed by atoms with Crippen molar-refractivity contribution in [3.05, 3.63) is 24.0 Å². The maximum atomic E-state index is 11.9. The van der Waals surface area contributed by atoms with Gasteiger partial charge in [-0.2, -0.15) is 5.10 Å². The topological polar surface area (TPSA) is 74.8 Å². The van der Waals surface area contributed by atoms with Gasteiger partial charge in [0.25, 0.3) is 0 Å². The third-order valence-electron chi connectivity index (χ3n) is 2.02. The van der Waals surface area contributed by atoms with Gasteiger partial charge < -0.3 is 0 Å². The quantitative estimate of drug-likeness (QED) is 0.753. The van der Waals surface area contributed by atoms with E-state index in [-0.39, 0.29) is 10.9 Å². The predicted molar refractivity (Wildman–Crippen MR) is 58.0 cm³/mol. The van der Waals surface area contributed by atoms with Crippen molar-refractivity contribution >= 4 is 10.0 Å². The highest BCUT2D eigenvalue weighted by molar-refractivity contribution is 7.89. The first kappa shape index (κ1) is 11.9. The molecule has 0 spiro atoms. The van der Waals surface area contributed by atoms with E-state index in [0.29, 0.717) is 11.4 Å². The molecule has 1 unspecified atom stereocenters. The molecule has 1 atom stereocenters. The van der Waals surface area contributed by atoms with Gasteiger partial charge in [-0.25, -0.2) is 13.1 Å². The van der Waals surface area contributed by atoms with Gasteiger partial charge in [-0.15, -0.1) is 6.58 Å². The van der Waals surface area contributed by atoms with Gasteiger partial charge in [0.15, 0.2) is 0 Å². The molecule has 0 radical (unpaired) electrons. The molecule has 0 fully saturated rings. The molecule has 0 aliphatic rings. The van der Waals surface area contributed by atoms with Crippen LogP contribution in [0.5, 0.6) is 0 Å². The number of hydrogen-bond donors (Lipinski definition) is 2. The Balaban J connectivity index is 3.12. The number of H-pyrrole nitrogens is 1. The van der Waals surface area contributed by atoms with E-state index < -0.39 is 10.0 Å². The van der Waals surface area contributed by atoms with E-state index in [2.05, 4.69) is 21.5 Å². The summed E-state index contributed by atoms with van der Waals surface area (Å²) in [5, 5.41) is 6.48. The molecule has 0 aliphatic heterocycles. The number of sulfonamides is 1. The average Bonchev–Trinajstić information content (AvgIpc) is 2.45. The minimum atomic E-state index is -3.50. The molecule has 0 aromatic carbocycles. The van der Waals surface area contributed by atoms with Crippen molar-refractivity contribution in [1.29, 1.82) is 0 Å². The van der Waals surface area contributed by atoms with Crippen LogP contribution in [-0.4, -0.2) is 24.7 Å². The molecule has 1 aromatic heterocycles. The van der Waals surface area contributed by atoms with Crippen LogP contribution in [-0.2, 0) is 10.0 Å². The van der Waals surface area contributed by atoms with Crippen LogP contribution in [0.25, 0.3) is 0 Å². The Morgan fingerprint density at radius 3 is 2.53 bits per heavy atom. The lowest BCUT2D eigenvalue weighted by atomic mass is 10.4. The summed E-state index contributed by atoms with van der Waals surface area (Å²) >= 11 is 0. The fourth-order valence-corrected chi connectivity index (χ4v) is 2.88. The van der Waals surface area contributed by atoms with Gasteiger partial charge in [0, 0.05) is 6.04 Å². The van der Waals surface area contributed by atoms with Gasteiger partial charge in [-0.1, -0.05) is 6.08 Å².